The van der Waals surface area contributed by atoms with Gasteiger partial charge in [0.1, 0.15) is 12.4 Å². The van der Waals surface area contributed by atoms with E-state index in [-0.39, 0.29) is 11.6 Å². The van der Waals surface area contributed by atoms with Crippen LogP contribution in [0.15, 0.2) is 41.5 Å². The fraction of sp³-hybridized carbons (Fsp3) is 0.214. The molecule has 1 heterocycles. The Kier molecular flexibility index (Phi) is 4.68. The minimum Gasteiger partial charge on any atom is -0.492 e. The molecule has 2 aromatic rings. The minimum absolute atomic E-state index is 0.290. The van der Waals surface area contributed by atoms with Crippen LogP contribution in [0.4, 0.5) is 0 Å². The quantitative estimate of drug-likeness (QED) is 0.466. The van der Waals surface area contributed by atoms with E-state index in [4.69, 9.17) is 10.6 Å². The van der Waals surface area contributed by atoms with Crippen molar-refractivity contribution in [2.75, 3.05) is 6.61 Å². The minimum atomic E-state index is -0.389. The molecule has 0 atom stereocenters. The van der Waals surface area contributed by atoms with Crippen LogP contribution in [0.3, 0.4) is 0 Å². The second-order valence-corrected chi connectivity index (χ2v) is 4.46. The number of nitrogens with zero attached hydrogens (tertiary/aromatic N) is 2. The molecule has 21 heavy (non-hydrogen) atoms. The van der Waals surface area contributed by atoms with Gasteiger partial charge in [0.25, 0.3) is 5.91 Å². The normalized spacial score (nSPS) is 10.2. The zero-order chi connectivity index (χ0) is 15.2. The monoisotopic (exact) mass is 288 g/mol. The number of nitrogens with two attached hydrogens (primary N) is 1. The lowest BCUT2D eigenvalue weighted by molar-refractivity contribution is 0.0953. The van der Waals surface area contributed by atoms with Crippen molar-refractivity contribution in [3.8, 4) is 5.75 Å². The molecule has 0 saturated carbocycles. The highest BCUT2D eigenvalue weighted by Gasteiger charge is 2.05. The molecule has 3 N–H and O–H groups in total. The molecule has 0 fully saturated rings. The first-order chi connectivity index (χ1) is 10.1. The second-order valence-electron chi connectivity index (χ2n) is 4.46. The number of aryl methyl sites for hydroxylation is 1. The van der Waals surface area contributed by atoms with Crippen LogP contribution in [0.2, 0.25) is 0 Å². The Morgan fingerprint density at radius 1 is 1.48 bits per heavy atom. The van der Waals surface area contributed by atoms with Gasteiger partial charge in [-0.3, -0.25) is 14.8 Å². The summed E-state index contributed by atoms with van der Waals surface area (Å²) in [4.78, 5) is 26.7. The van der Waals surface area contributed by atoms with E-state index in [0.717, 1.165) is 5.56 Å². The highest BCUT2D eigenvalue weighted by Crippen LogP contribution is 2.13. The lowest BCUT2D eigenvalue weighted by Crippen LogP contribution is -2.29. The number of ether oxygens (including phenoxy) is 1. The number of hydrogen-bond acceptors (Lipinski definition) is 5. The van der Waals surface area contributed by atoms with Crippen LogP contribution in [0.1, 0.15) is 15.9 Å². The maximum atomic E-state index is 11.5. The van der Waals surface area contributed by atoms with Gasteiger partial charge in [0.05, 0.1) is 6.54 Å². The molecule has 0 aliphatic rings. The van der Waals surface area contributed by atoms with Crippen molar-refractivity contribution < 1.29 is 9.53 Å². The number of benzene rings is 1. The summed E-state index contributed by atoms with van der Waals surface area (Å²) in [6, 6.07) is 6.63. The lowest BCUT2D eigenvalue weighted by atomic mass is 10.2. The first-order valence-electron chi connectivity index (χ1n) is 6.37. The average Bonchev–Trinajstić information content (AvgIpc) is 2.50. The number of carbonyl (C=O) groups is 1. The molecule has 7 nitrogen and oxygen atoms in total. The third-order valence-corrected chi connectivity index (χ3v) is 2.81. The molecule has 1 aromatic heterocycles. The van der Waals surface area contributed by atoms with E-state index >= 15 is 0 Å². The summed E-state index contributed by atoms with van der Waals surface area (Å²) < 4.78 is 7.01. The molecular weight excluding hydrogens is 272 g/mol. The third-order valence-electron chi connectivity index (χ3n) is 2.81. The van der Waals surface area contributed by atoms with Crippen LogP contribution in [-0.4, -0.2) is 22.1 Å². The molecule has 7 heteroatoms. The van der Waals surface area contributed by atoms with Gasteiger partial charge >= 0.3 is 5.69 Å². The summed E-state index contributed by atoms with van der Waals surface area (Å²) in [6.07, 6.45) is 3.24. The summed E-state index contributed by atoms with van der Waals surface area (Å²) in [6.45, 7) is 2.53. The van der Waals surface area contributed by atoms with E-state index in [1.54, 1.807) is 30.5 Å². The summed E-state index contributed by atoms with van der Waals surface area (Å²) in [5.41, 5.74) is 3.04. The molecule has 1 aromatic carbocycles. The molecule has 0 spiro atoms. The second kappa shape index (κ2) is 6.67. The highest BCUT2D eigenvalue weighted by molar-refractivity contribution is 5.94. The van der Waals surface area contributed by atoms with Crippen molar-refractivity contribution in [1.82, 2.24) is 15.0 Å². The van der Waals surface area contributed by atoms with Crippen molar-refractivity contribution in [1.29, 1.82) is 0 Å². The van der Waals surface area contributed by atoms with E-state index in [0.29, 0.717) is 24.5 Å². The van der Waals surface area contributed by atoms with Gasteiger partial charge in [-0.05, 0) is 30.7 Å². The van der Waals surface area contributed by atoms with Crippen LogP contribution in [-0.2, 0) is 6.54 Å². The van der Waals surface area contributed by atoms with Gasteiger partial charge in [-0.25, -0.2) is 15.6 Å². The maximum Gasteiger partial charge on any atom is 0.347 e. The first-order valence-corrected chi connectivity index (χ1v) is 6.37. The number of amides is 1. The Balaban J connectivity index is 1.99. The molecule has 110 valence electrons. The van der Waals surface area contributed by atoms with E-state index in [9.17, 15) is 9.59 Å². The Morgan fingerprint density at radius 3 is 3.05 bits per heavy atom. The standard InChI is InChI=1S/C14H16N4O3/c1-10-8-16-14(20)18(9-10)5-6-21-12-4-2-3-11(7-12)13(19)17-15/h2-4,7-9H,5-6,15H2,1H3,(H,17,19). The van der Waals surface area contributed by atoms with E-state index in [1.807, 2.05) is 6.92 Å². The Bertz CT molecular complexity index is 697. The van der Waals surface area contributed by atoms with Gasteiger partial charge in [-0.2, -0.15) is 0 Å². The van der Waals surface area contributed by atoms with Crippen molar-refractivity contribution >= 4 is 5.91 Å². The molecule has 2 rings (SSSR count). The van der Waals surface area contributed by atoms with Crippen LogP contribution >= 0.6 is 0 Å². The smallest absolute Gasteiger partial charge is 0.347 e. The zero-order valence-electron chi connectivity index (χ0n) is 11.6. The molecule has 0 saturated heterocycles. The number of carbonyl (C=O) groups excluding carboxylic acids is 1. The summed E-state index contributed by atoms with van der Waals surface area (Å²) in [5.74, 6) is 5.22. The SMILES string of the molecule is Cc1cnc(=O)n(CCOc2cccc(C(=O)NN)c2)c1. The summed E-state index contributed by atoms with van der Waals surface area (Å²) >= 11 is 0. The van der Waals surface area contributed by atoms with Gasteiger partial charge in [-0.15, -0.1) is 0 Å². The van der Waals surface area contributed by atoms with Gasteiger partial charge in [-0.1, -0.05) is 6.07 Å². The van der Waals surface area contributed by atoms with Gasteiger partial charge in [0.15, 0.2) is 0 Å². The van der Waals surface area contributed by atoms with E-state index in [2.05, 4.69) is 10.4 Å². The molecular formula is C14H16N4O3. The van der Waals surface area contributed by atoms with Crippen molar-refractivity contribution in [3.05, 3.63) is 58.3 Å². The summed E-state index contributed by atoms with van der Waals surface area (Å²) in [5, 5.41) is 0. The Hall–Kier alpha value is -2.67. The molecule has 0 aliphatic heterocycles. The highest BCUT2D eigenvalue weighted by atomic mass is 16.5. The fourth-order valence-electron chi connectivity index (χ4n) is 1.80. The topological polar surface area (TPSA) is 99.2 Å². The van der Waals surface area contributed by atoms with Crippen molar-refractivity contribution in [3.63, 3.8) is 0 Å². The molecule has 0 radical (unpaired) electrons. The average molecular weight is 288 g/mol. The summed E-state index contributed by atoms with van der Waals surface area (Å²) in [7, 11) is 0. The fourth-order valence-corrected chi connectivity index (χ4v) is 1.80. The van der Waals surface area contributed by atoms with Gasteiger partial charge < -0.3 is 4.74 Å². The number of hydrogen-bond donors (Lipinski definition) is 2. The van der Waals surface area contributed by atoms with E-state index < -0.39 is 0 Å². The zero-order valence-corrected chi connectivity index (χ0v) is 11.6. The number of nitrogen functional groups attached to an aromatic ring is 1. The molecule has 1 amide bonds. The lowest BCUT2D eigenvalue weighted by Gasteiger charge is -2.09. The van der Waals surface area contributed by atoms with Crippen LogP contribution in [0.25, 0.3) is 0 Å². The number of hydrazine groups is 1. The number of aromatic nitrogens is 2. The largest absolute Gasteiger partial charge is 0.492 e. The van der Waals surface area contributed by atoms with Gasteiger partial charge in [0.2, 0.25) is 0 Å². The molecule has 0 aliphatic carbocycles. The Labute approximate surface area is 121 Å². The number of nitrogens with one attached hydrogen (secondary N) is 1. The van der Waals surface area contributed by atoms with Crippen molar-refractivity contribution in [2.45, 2.75) is 13.5 Å². The first kappa shape index (κ1) is 14.7. The number of rotatable bonds is 5. The predicted octanol–water partition coefficient (Wildman–Crippen LogP) is 0.234. The van der Waals surface area contributed by atoms with Crippen molar-refractivity contribution in [2.24, 2.45) is 5.84 Å². The molecule has 0 bridgehead atoms. The predicted molar refractivity (Wildman–Crippen MR) is 76.8 cm³/mol. The van der Waals surface area contributed by atoms with Crippen LogP contribution in [0, 0.1) is 6.92 Å². The van der Waals surface area contributed by atoms with Crippen LogP contribution in [0.5, 0.6) is 5.75 Å². The van der Waals surface area contributed by atoms with Crippen LogP contribution < -0.4 is 21.7 Å². The van der Waals surface area contributed by atoms with E-state index in [1.165, 1.54) is 10.8 Å². The van der Waals surface area contributed by atoms with Gasteiger partial charge in [0, 0.05) is 18.0 Å². The third kappa shape index (κ3) is 3.90. The molecule has 0 unspecified atom stereocenters. The maximum absolute atomic E-state index is 11.5. The Morgan fingerprint density at radius 2 is 2.29 bits per heavy atom.